The SMILES string of the molecule is Cc1ccc([C@@]2(C)NC(=O)N(CC(=O)OCC(=O)N3CCc4ccccc43)C2=O)cc1. The summed E-state index contributed by atoms with van der Waals surface area (Å²) in [5.41, 5.74) is 2.26. The number of aryl methyl sites for hydroxylation is 1. The smallest absolute Gasteiger partial charge is 0.326 e. The molecule has 4 amide bonds. The zero-order valence-corrected chi connectivity index (χ0v) is 17.4. The fraction of sp³-hybridized carbons (Fsp3) is 0.304. The lowest BCUT2D eigenvalue weighted by molar-refractivity contribution is -0.150. The molecular formula is C23H23N3O5. The van der Waals surface area contributed by atoms with E-state index in [0.717, 1.165) is 28.1 Å². The van der Waals surface area contributed by atoms with Crippen LogP contribution in [0.15, 0.2) is 48.5 Å². The summed E-state index contributed by atoms with van der Waals surface area (Å²) in [6, 6.07) is 14.1. The number of urea groups is 1. The van der Waals surface area contributed by atoms with Crippen LogP contribution in [0.4, 0.5) is 10.5 Å². The molecule has 4 rings (SSSR count). The van der Waals surface area contributed by atoms with Gasteiger partial charge >= 0.3 is 12.0 Å². The minimum absolute atomic E-state index is 0.347. The van der Waals surface area contributed by atoms with Crippen LogP contribution in [0, 0.1) is 6.92 Å². The molecule has 0 saturated carbocycles. The molecular weight excluding hydrogens is 398 g/mol. The topological polar surface area (TPSA) is 96.0 Å². The van der Waals surface area contributed by atoms with Crippen LogP contribution in [0.25, 0.3) is 0 Å². The van der Waals surface area contributed by atoms with Crippen LogP contribution in [0.5, 0.6) is 0 Å². The Kier molecular flexibility index (Phi) is 5.22. The molecule has 160 valence electrons. The van der Waals surface area contributed by atoms with E-state index in [1.54, 1.807) is 24.0 Å². The van der Waals surface area contributed by atoms with Gasteiger partial charge in [-0.05, 0) is 37.5 Å². The average molecular weight is 421 g/mol. The zero-order chi connectivity index (χ0) is 22.2. The van der Waals surface area contributed by atoms with Crippen molar-refractivity contribution in [1.29, 1.82) is 0 Å². The van der Waals surface area contributed by atoms with Gasteiger partial charge in [-0.15, -0.1) is 0 Å². The van der Waals surface area contributed by atoms with E-state index in [4.69, 9.17) is 4.74 Å². The van der Waals surface area contributed by atoms with Crippen molar-refractivity contribution in [1.82, 2.24) is 10.2 Å². The lowest BCUT2D eigenvalue weighted by Gasteiger charge is -2.22. The van der Waals surface area contributed by atoms with E-state index in [-0.39, 0.29) is 5.91 Å². The summed E-state index contributed by atoms with van der Waals surface area (Å²) in [5.74, 6) is -1.71. The second-order valence-corrected chi connectivity index (χ2v) is 7.90. The number of carbonyl (C=O) groups excluding carboxylic acids is 4. The molecule has 0 spiro atoms. The highest BCUT2D eigenvalue weighted by atomic mass is 16.5. The number of carbonyl (C=O) groups is 4. The molecule has 2 aliphatic heterocycles. The minimum Gasteiger partial charge on any atom is -0.454 e. The number of hydrogen-bond donors (Lipinski definition) is 1. The molecule has 1 fully saturated rings. The maximum atomic E-state index is 12.9. The van der Waals surface area contributed by atoms with Crippen LogP contribution < -0.4 is 10.2 Å². The summed E-state index contributed by atoms with van der Waals surface area (Å²) >= 11 is 0. The van der Waals surface area contributed by atoms with Gasteiger partial charge in [0, 0.05) is 12.2 Å². The van der Waals surface area contributed by atoms with Crippen molar-refractivity contribution in [2.45, 2.75) is 25.8 Å². The standard InChI is InChI=1S/C23H23N3O5/c1-15-7-9-17(10-8-15)23(2)21(29)26(22(30)24-23)13-20(28)31-14-19(27)25-12-11-16-5-3-4-6-18(16)25/h3-10H,11-14H2,1-2H3,(H,24,30)/t23-/m1/s1. The van der Waals surface area contributed by atoms with Gasteiger partial charge in [0.1, 0.15) is 12.1 Å². The zero-order valence-electron chi connectivity index (χ0n) is 17.4. The molecule has 2 aromatic carbocycles. The van der Waals surface area contributed by atoms with E-state index in [9.17, 15) is 19.2 Å². The first kappa shape index (κ1) is 20.6. The molecule has 2 heterocycles. The second kappa shape index (κ2) is 7.86. The maximum absolute atomic E-state index is 12.9. The molecule has 1 N–H and O–H groups in total. The van der Waals surface area contributed by atoms with Crippen molar-refractivity contribution in [2.75, 3.05) is 24.6 Å². The number of ether oxygens (including phenoxy) is 1. The number of benzene rings is 2. The maximum Gasteiger partial charge on any atom is 0.326 e. The van der Waals surface area contributed by atoms with E-state index < -0.39 is 36.6 Å². The summed E-state index contributed by atoms with van der Waals surface area (Å²) < 4.78 is 5.08. The van der Waals surface area contributed by atoms with Crippen LogP contribution in [0.3, 0.4) is 0 Å². The molecule has 1 saturated heterocycles. The van der Waals surface area contributed by atoms with Crippen molar-refractivity contribution < 1.29 is 23.9 Å². The fourth-order valence-corrected chi connectivity index (χ4v) is 3.92. The second-order valence-electron chi connectivity index (χ2n) is 7.90. The Balaban J connectivity index is 1.36. The molecule has 0 bridgehead atoms. The van der Waals surface area contributed by atoms with Gasteiger partial charge in [-0.3, -0.25) is 19.3 Å². The Labute approximate surface area is 179 Å². The predicted molar refractivity (Wildman–Crippen MR) is 112 cm³/mol. The number of esters is 1. The van der Waals surface area contributed by atoms with E-state index >= 15 is 0 Å². The molecule has 1 atom stereocenters. The van der Waals surface area contributed by atoms with Gasteiger partial charge in [-0.25, -0.2) is 4.79 Å². The Hall–Kier alpha value is -3.68. The number of nitrogens with one attached hydrogen (secondary N) is 1. The van der Waals surface area contributed by atoms with Gasteiger partial charge in [-0.2, -0.15) is 0 Å². The Morgan fingerprint density at radius 3 is 2.55 bits per heavy atom. The van der Waals surface area contributed by atoms with Crippen molar-refractivity contribution >= 4 is 29.5 Å². The van der Waals surface area contributed by atoms with Crippen LogP contribution in [0.2, 0.25) is 0 Å². The van der Waals surface area contributed by atoms with E-state index in [2.05, 4.69) is 5.32 Å². The number of amides is 4. The highest BCUT2D eigenvalue weighted by Gasteiger charge is 2.49. The van der Waals surface area contributed by atoms with E-state index in [1.807, 2.05) is 43.3 Å². The van der Waals surface area contributed by atoms with E-state index in [0.29, 0.717) is 12.1 Å². The van der Waals surface area contributed by atoms with Crippen LogP contribution in [-0.4, -0.2) is 48.4 Å². The number of para-hydroxylation sites is 1. The molecule has 0 radical (unpaired) electrons. The third kappa shape index (κ3) is 3.76. The van der Waals surface area contributed by atoms with Crippen LogP contribution in [-0.2, 0) is 31.1 Å². The van der Waals surface area contributed by atoms with Crippen molar-refractivity contribution in [2.24, 2.45) is 0 Å². The Bertz CT molecular complexity index is 1070. The average Bonchev–Trinajstić information content (AvgIpc) is 3.28. The Morgan fingerprint density at radius 1 is 1.10 bits per heavy atom. The van der Waals surface area contributed by atoms with Gasteiger partial charge < -0.3 is 15.0 Å². The molecule has 2 aromatic rings. The van der Waals surface area contributed by atoms with Gasteiger partial charge in [0.2, 0.25) is 0 Å². The number of rotatable bonds is 5. The molecule has 0 unspecified atom stereocenters. The van der Waals surface area contributed by atoms with Crippen LogP contribution >= 0.6 is 0 Å². The number of anilines is 1. The number of hydrogen-bond acceptors (Lipinski definition) is 5. The highest BCUT2D eigenvalue weighted by molar-refractivity contribution is 6.09. The molecule has 8 heteroatoms. The molecule has 2 aliphatic rings. The number of nitrogens with zero attached hydrogens (tertiary/aromatic N) is 2. The molecule has 31 heavy (non-hydrogen) atoms. The van der Waals surface area contributed by atoms with Gasteiger partial charge in [0.05, 0.1) is 0 Å². The first-order valence-corrected chi connectivity index (χ1v) is 10.0. The van der Waals surface area contributed by atoms with Crippen molar-refractivity contribution in [3.8, 4) is 0 Å². The molecule has 0 aromatic heterocycles. The third-order valence-corrected chi connectivity index (χ3v) is 5.74. The van der Waals surface area contributed by atoms with Gasteiger partial charge in [0.25, 0.3) is 11.8 Å². The minimum atomic E-state index is -1.26. The summed E-state index contributed by atoms with van der Waals surface area (Å²) in [4.78, 5) is 52.4. The lowest BCUT2D eigenvalue weighted by Crippen LogP contribution is -2.42. The first-order chi connectivity index (χ1) is 14.8. The first-order valence-electron chi connectivity index (χ1n) is 10.0. The summed E-state index contributed by atoms with van der Waals surface area (Å²) in [6.45, 7) is 3.03. The summed E-state index contributed by atoms with van der Waals surface area (Å²) in [5, 5.41) is 2.65. The molecule has 0 aliphatic carbocycles. The normalized spacial score (nSPS) is 19.9. The van der Waals surface area contributed by atoms with Crippen LogP contribution in [0.1, 0.15) is 23.6 Å². The van der Waals surface area contributed by atoms with Crippen molar-refractivity contribution in [3.05, 3.63) is 65.2 Å². The lowest BCUT2D eigenvalue weighted by atomic mass is 9.91. The van der Waals surface area contributed by atoms with Gasteiger partial charge in [-0.1, -0.05) is 48.0 Å². The fourth-order valence-electron chi connectivity index (χ4n) is 3.92. The third-order valence-electron chi connectivity index (χ3n) is 5.74. The largest absolute Gasteiger partial charge is 0.454 e. The van der Waals surface area contributed by atoms with E-state index in [1.165, 1.54) is 0 Å². The summed E-state index contributed by atoms with van der Waals surface area (Å²) in [6.07, 6.45) is 0.746. The van der Waals surface area contributed by atoms with Gasteiger partial charge in [0.15, 0.2) is 6.61 Å². The monoisotopic (exact) mass is 421 g/mol. The molecule has 8 nitrogen and oxygen atoms in total. The Morgan fingerprint density at radius 2 is 1.81 bits per heavy atom. The van der Waals surface area contributed by atoms with Crippen molar-refractivity contribution in [3.63, 3.8) is 0 Å². The highest BCUT2D eigenvalue weighted by Crippen LogP contribution is 2.29. The number of imide groups is 1. The number of fused-ring (bicyclic) bond motifs is 1. The quantitative estimate of drug-likeness (QED) is 0.588. The summed E-state index contributed by atoms with van der Waals surface area (Å²) in [7, 11) is 0. The predicted octanol–water partition coefficient (Wildman–Crippen LogP) is 1.89.